The molecule has 16 heavy (non-hydrogen) atoms. The molecule has 0 unspecified atom stereocenters. The molecule has 0 radical (unpaired) electrons. The Hall–Kier alpha value is -1.94. The smallest absolute Gasteiger partial charge is 0.273 e. The van der Waals surface area contributed by atoms with E-state index in [4.69, 9.17) is 0 Å². The number of carbonyl (C=O) groups excluding carboxylic acids is 1. The van der Waals surface area contributed by atoms with Crippen LogP contribution in [0.5, 0.6) is 0 Å². The van der Waals surface area contributed by atoms with Gasteiger partial charge >= 0.3 is 0 Å². The predicted molar refractivity (Wildman–Crippen MR) is 62.9 cm³/mol. The van der Waals surface area contributed by atoms with Crippen LogP contribution >= 0.6 is 0 Å². The van der Waals surface area contributed by atoms with Crippen LogP contribution in [-0.2, 0) is 4.79 Å². The lowest BCUT2D eigenvalue weighted by Gasteiger charge is -2.08. The maximum Gasteiger partial charge on any atom is 0.273 e. The van der Waals surface area contributed by atoms with Crippen LogP contribution in [0.2, 0.25) is 0 Å². The SMILES string of the molecule is C/C=C/C=N\NC(=O)[C@H](O)c1ccccc1. The number of rotatable bonds is 4. The molecule has 4 nitrogen and oxygen atoms in total. The minimum Gasteiger partial charge on any atom is -0.378 e. The van der Waals surface area contributed by atoms with E-state index in [-0.39, 0.29) is 0 Å². The van der Waals surface area contributed by atoms with Crippen LogP contribution in [0.15, 0.2) is 47.6 Å². The average Bonchev–Trinajstić information content (AvgIpc) is 2.34. The van der Waals surface area contributed by atoms with Gasteiger partial charge in [0, 0.05) is 6.21 Å². The van der Waals surface area contributed by atoms with Crippen molar-refractivity contribution in [3.63, 3.8) is 0 Å². The van der Waals surface area contributed by atoms with Crippen molar-refractivity contribution in [2.24, 2.45) is 5.10 Å². The second kappa shape index (κ2) is 6.53. The molecule has 1 aromatic rings. The van der Waals surface area contributed by atoms with Crippen molar-refractivity contribution >= 4 is 12.1 Å². The second-order valence-electron chi connectivity index (χ2n) is 3.09. The monoisotopic (exact) mass is 218 g/mol. The summed E-state index contributed by atoms with van der Waals surface area (Å²) < 4.78 is 0. The van der Waals surface area contributed by atoms with Gasteiger partial charge in [-0.05, 0) is 18.6 Å². The van der Waals surface area contributed by atoms with E-state index >= 15 is 0 Å². The van der Waals surface area contributed by atoms with Gasteiger partial charge in [0.1, 0.15) is 0 Å². The zero-order valence-electron chi connectivity index (χ0n) is 9.00. The van der Waals surface area contributed by atoms with Gasteiger partial charge < -0.3 is 5.11 Å². The van der Waals surface area contributed by atoms with Gasteiger partial charge in [0.15, 0.2) is 6.10 Å². The molecule has 0 spiro atoms. The Kier molecular flexibility index (Phi) is 4.95. The summed E-state index contributed by atoms with van der Waals surface area (Å²) in [5.41, 5.74) is 2.79. The number of amides is 1. The third-order valence-corrected chi connectivity index (χ3v) is 1.89. The largest absolute Gasteiger partial charge is 0.378 e. The van der Waals surface area contributed by atoms with Crippen molar-refractivity contribution in [1.82, 2.24) is 5.43 Å². The van der Waals surface area contributed by atoms with Crippen molar-refractivity contribution in [3.8, 4) is 0 Å². The quantitative estimate of drug-likeness (QED) is 0.592. The molecule has 0 fully saturated rings. The Labute approximate surface area is 94.3 Å². The standard InChI is InChI=1S/C12H14N2O2/c1-2-3-9-13-14-12(16)11(15)10-7-5-4-6-8-10/h2-9,11,15H,1H3,(H,14,16)/b3-2+,13-9-/t11-/m1/s1. The van der Waals surface area contributed by atoms with Gasteiger partial charge in [-0.2, -0.15) is 5.10 Å². The van der Waals surface area contributed by atoms with Crippen LogP contribution in [0.25, 0.3) is 0 Å². The van der Waals surface area contributed by atoms with Crippen LogP contribution in [0.3, 0.4) is 0 Å². The van der Waals surface area contributed by atoms with Gasteiger partial charge in [0.2, 0.25) is 0 Å². The summed E-state index contributed by atoms with van der Waals surface area (Å²) in [6.45, 7) is 1.84. The molecule has 0 aliphatic heterocycles. The molecule has 2 N–H and O–H groups in total. The number of hydrogen-bond acceptors (Lipinski definition) is 3. The molecule has 0 saturated carbocycles. The molecule has 0 heterocycles. The molecular formula is C12H14N2O2. The van der Waals surface area contributed by atoms with Crippen molar-refractivity contribution in [3.05, 3.63) is 48.0 Å². The number of carbonyl (C=O) groups is 1. The van der Waals surface area contributed by atoms with Crippen LogP contribution in [0, 0.1) is 0 Å². The molecule has 1 rings (SSSR count). The predicted octanol–water partition coefficient (Wildman–Crippen LogP) is 1.40. The molecule has 84 valence electrons. The first-order valence-corrected chi connectivity index (χ1v) is 4.93. The molecule has 0 aliphatic rings. The minimum atomic E-state index is -1.19. The lowest BCUT2D eigenvalue weighted by Crippen LogP contribution is -2.24. The number of aliphatic hydroxyl groups excluding tert-OH is 1. The lowest BCUT2D eigenvalue weighted by atomic mass is 10.1. The highest BCUT2D eigenvalue weighted by Crippen LogP contribution is 2.11. The molecule has 1 atom stereocenters. The first-order chi connectivity index (χ1) is 7.75. The van der Waals surface area contributed by atoms with Crippen molar-refractivity contribution in [2.45, 2.75) is 13.0 Å². The van der Waals surface area contributed by atoms with Gasteiger partial charge in [0.25, 0.3) is 5.91 Å². The third kappa shape index (κ3) is 3.67. The molecule has 0 saturated heterocycles. The fourth-order valence-corrected chi connectivity index (χ4v) is 1.08. The number of benzene rings is 1. The first kappa shape index (κ1) is 12.1. The molecule has 0 aliphatic carbocycles. The Balaban J connectivity index is 2.55. The highest BCUT2D eigenvalue weighted by molar-refractivity contribution is 5.83. The number of hydrazone groups is 1. The zero-order chi connectivity index (χ0) is 11.8. The average molecular weight is 218 g/mol. The van der Waals surface area contributed by atoms with Gasteiger partial charge in [-0.1, -0.05) is 36.4 Å². The number of nitrogens with zero attached hydrogens (tertiary/aromatic N) is 1. The van der Waals surface area contributed by atoms with E-state index in [9.17, 15) is 9.90 Å². The van der Waals surface area contributed by atoms with E-state index in [2.05, 4.69) is 10.5 Å². The molecular weight excluding hydrogens is 204 g/mol. The van der Waals surface area contributed by atoms with E-state index in [0.717, 1.165) is 0 Å². The summed E-state index contributed by atoms with van der Waals surface area (Å²) in [6, 6.07) is 8.70. The van der Waals surface area contributed by atoms with Crippen LogP contribution in [-0.4, -0.2) is 17.2 Å². The normalized spacial score (nSPS) is 13.1. The Morgan fingerprint density at radius 1 is 1.44 bits per heavy atom. The van der Waals surface area contributed by atoms with E-state index in [0.29, 0.717) is 5.56 Å². The summed E-state index contributed by atoms with van der Waals surface area (Å²) in [4.78, 5) is 11.4. The number of nitrogens with one attached hydrogen (secondary N) is 1. The number of aliphatic hydroxyl groups is 1. The topological polar surface area (TPSA) is 61.7 Å². The van der Waals surface area contributed by atoms with Crippen LogP contribution in [0.1, 0.15) is 18.6 Å². The Morgan fingerprint density at radius 2 is 2.12 bits per heavy atom. The van der Waals surface area contributed by atoms with E-state index < -0.39 is 12.0 Å². The van der Waals surface area contributed by atoms with Gasteiger partial charge in [-0.15, -0.1) is 0 Å². The highest BCUT2D eigenvalue weighted by atomic mass is 16.3. The molecule has 4 heteroatoms. The maximum atomic E-state index is 11.4. The fraction of sp³-hybridized carbons (Fsp3) is 0.167. The Bertz CT molecular complexity index is 385. The first-order valence-electron chi connectivity index (χ1n) is 4.93. The minimum absolute atomic E-state index is 0.543. The lowest BCUT2D eigenvalue weighted by molar-refractivity contribution is -0.129. The molecule has 0 bridgehead atoms. The summed E-state index contributed by atoms with van der Waals surface area (Å²) in [5, 5.41) is 13.3. The molecule has 1 amide bonds. The van der Waals surface area contributed by atoms with E-state index in [1.165, 1.54) is 6.21 Å². The van der Waals surface area contributed by atoms with Gasteiger partial charge in [0.05, 0.1) is 0 Å². The Morgan fingerprint density at radius 3 is 2.75 bits per heavy atom. The molecule has 0 aromatic heterocycles. The summed E-state index contributed by atoms with van der Waals surface area (Å²) in [6.07, 6.45) is 3.71. The summed E-state index contributed by atoms with van der Waals surface area (Å²) in [7, 11) is 0. The maximum absolute atomic E-state index is 11.4. The summed E-state index contributed by atoms with van der Waals surface area (Å²) in [5.74, 6) is -0.549. The van der Waals surface area contributed by atoms with Gasteiger partial charge in [-0.25, -0.2) is 5.43 Å². The zero-order valence-corrected chi connectivity index (χ0v) is 9.00. The van der Waals surface area contributed by atoms with Crippen LogP contribution < -0.4 is 5.43 Å². The van der Waals surface area contributed by atoms with E-state index in [1.807, 2.05) is 13.0 Å². The van der Waals surface area contributed by atoms with Crippen LogP contribution in [0.4, 0.5) is 0 Å². The van der Waals surface area contributed by atoms with E-state index in [1.54, 1.807) is 36.4 Å². The fourth-order valence-electron chi connectivity index (χ4n) is 1.08. The number of allylic oxidation sites excluding steroid dienone is 2. The summed E-state index contributed by atoms with van der Waals surface area (Å²) >= 11 is 0. The second-order valence-corrected chi connectivity index (χ2v) is 3.09. The van der Waals surface area contributed by atoms with Crippen molar-refractivity contribution < 1.29 is 9.90 Å². The highest BCUT2D eigenvalue weighted by Gasteiger charge is 2.15. The van der Waals surface area contributed by atoms with Crippen molar-refractivity contribution in [2.75, 3.05) is 0 Å². The molecule has 1 aromatic carbocycles. The third-order valence-electron chi connectivity index (χ3n) is 1.89. The van der Waals surface area contributed by atoms with Crippen molar-refractivity contribution in [1.29, 1.82) is 0 Å². The van der Waals surface area contributed by atoms with Gasteiger partial charge in [-0.3, -0.25) is 4.79 Å². The number of hydrogen-bond donors (Lipinski definition) is 2.